The SMILES string of the molecule is COc1ccc(C(c2ccccc2)(c2ccc(OC)cc2)C(O)[C@H]2O[C@@H](n3c(NCCCCCCNC(=O)C(F)(F)F)nc4c(NC(=O)c5ccccc5)ncnc43)C[C@@H]2O)cc1. The first-order chi connectivity index (χ1) is 30.4. The minimum atomic E-state index is -4.93. The number of amides is 2. The van der Waals surface area contributed by atoms with Gasteiger partial charge in [-0.15, -0.1) is 0 Å². The number of nitrogens with one attached hydrogen (secondary N) is 3. The largest absolute Gasteiger partial charge is 0.497 e. The van der Waals surface area contributed by atoms with E-state index in [1.165, 1.54) is 6.33 Å². The van der Waals surface area contributed by atoms with E-state index in [1.807, 2.05) is 84.2 Å². The maximum Gasteiger partial charge on any atom is 0.471 e. The molecule has 0 radical (unpaired) electrons. The Bertz CT molecular complexity index is 2410. The highest BCUT2D eigenvalue weighted by molar-refractivity contribution is 6.06. The maximum atomic E-state index is 13.3. The van der Waals surface area contributed by atoms with Crippen LogP contribution in [0, 0.1) is 0 Å². The van der Waals surface area contributed by atoms with Gasteiger partial charge in [0, 0.05) is 25.1 Å². The lowest BCUT2D eigenvalue weighted by Gasteiger charge is -2.43. The Labute approximate surface area is 361 Å². The molecule has 2 aromatic heterocycles. The molecule has 1 aliphatic rings. The normalized spacial score (nSPS) is 17.0. The van der Waals surface area contributed by atoms with Crippen LogP contribution < -0.4 is 25.4 Å². The van der Waals surface area contributed by atoms with E-state index < -0.39 is 47.9 Å². The van der Waals surface area contributed by atoms with E-state index in [1.54, 1.807) is 49.1 Å². The number of ether oxygens (including phenoxy) is 3. The van der Waals surface area contributed by atoms with Gasteiger partial charge in [-0.1, -0.05) is 85.6 Å². The van der Waals surface area contributed by atoms with E-state index in [0.29, 0.717) is 60.4 Å². The zero-order valence-electron chi connectivity index (χ0n) is 34.6. The van der Waals surface area contributed by atoms with Crippen molar-refractivity contribution >= 4 is 34.7 Å². The van der Waals surface area contributed by atoms with Gasteiger partial charge in [-0.3, -0.25) is 14.2 Å². The molecule has 0 spiro atoms. The van der Waals surface area contributed by atoms with Gasteiger partial charge in [-0.25, -0.2) is 15.0 Å². The number of alkyl halides is 3. The number of aliphatic hydroxyl groups is 2. The second-order valence-electron chi connectivity index (χ2n) is 15.0. The molecular formula is C46H48F3N7O7. The number of anilines is 2. The summed E-state index contributed by atoms with van der Waals surface area (Å²) in [5, 5.41) is 33.0. The van der Waals surface area contributed by atoms with E-state index >= 15 is 0 Å². The molecule has 1 fully saturated rings. The zero-order chi connectivity index (χ0) is 44.6. The number of hydrogen-bond donors (Lipinski definition) is 5. The summed E-state index contributed by atoms with van der Waals surface area (Å²) in [7, 11) is 3.14. The molecule has 63 heavy (non-hydrogen) atoms. The van der Waals surface area contributed by atoms with Gasteiger partial charge >= 0.3 is 12.1 Å². The number of rotatable bonds is 18. The Kier molecular flexibility index (Phi) is 13.9. The Morgan fingerprint density at radius 1 is 0.810 bits per heavy atom. The van der Waals surface area contributed by atoms with E-state index in [0.717, 1.165) is 5.56 Å². The van der Waals surface area contributed by atoms with Crippen molar-refractivity contribution in [3.05, 3.63) is 138 Å². The van der Waals surface area contributed by atoms with Crippen LogP contribution in [0.3, 0.4) is 0 Å². The molecule has 14 nitrogen and oxygen atoms in total. The molecule has 0 aliphatic carbocycles. The zero-order valence-corrected chi connectivity index (χ0v) is 34.6. The lowest BCUT2D eigenvalue weighted by Crippen LogP contribution is -2.51. The van der Waals surface area contributed by atoms with Crippen LogP contribution >= 0.6 is 0 Å². The highest BCUT2D eigenvalue weighted by Crippen LogP contribution is 2.48. The first kappa shape index (κ1) is 44.5. The first-order valence-electron chi connectivity index (χ1n) is 20.5. The number of fused-ring (bicyclic) bond motifs is 1. The van der Waals surface area contributed by atoms with Gasteiger partial charge in [0.1, 0.15) is 36.3 Å². The molecule has 7 rings (SSSR count). The molecule has 2 amide bonds. The molecule has 0 saturated carbocycles. The Morgan fingerprint density at radius 3 is 1.97 bits per heavy atom. The average Bonchev–Trinajstić information content (AvgIpc) is 3.88. The summed E-state index contributed by atoms with van der Waals surface area (Å²) in [6, 6.07) is 32.9. The van der Waals surface area contributed by atoms with Crippen molar-refractivity contribution in [2.24, 2.45) is 0 Å². The lowest BCUT2D eigenvalue weighted by atomic mass is 9.64. The molecule has 17 heteroatoms. The number of hydrogen-bond acceptors (Lipinski definition) is 11. The summed E-state index contributed by atoms with van der Waals surface area (Å²) in [6.07, 6.45) is -6.23. The van der Waals surface area contributed by atoms with E-state index in [-0.39, 0.29) is 35.9 Å². The number of aliphatic hydroxyl groups excluding tert-OH is 2. The molecule has 4 atom stereocenters. The van der Waals surface area contributed by atoms with Crippen molar-refractivity contribution in [1.29, 1.82) is 0 Å². The van der Waals surface area contributed by atoms with Crippen LogP contribution in [0.2, 0.25) is 0 Å². The fourth-order valence-corrected chi connectivity index (χ4v) is 8.06. The van der Waals surface area contributed by atoms with Crippen LogP contribution in [0.4, 0.5) is 24.9 Å². The Morgan fingerprint density at radius 2 is 1.38 bits per heavy atom. The Balaban J connectivity index is 1.22. The molecule has 6 aromatic rings. The van der Waals surface area contributed by atoms with Gasteiger partial charge in [-0.2, -0.15) is 13.2 Å². The third-order valence-corrected chi connectivity index (χ3v) is 11.2. The van der Waals surface area contributed by atoms with Crippen LogP contribution in [0.25, 0.3) is 11.2 Å². The second-order valence-corrected chi connectivity index (χ2v) is 15.0. The quantitative estimate of drug-likeness (QED) is 0.0453. The standard InChI is InChI=1S/C46H48F3N7O7/c1-61-33-21-17-31(18-22-33)45(30-15-9-6-10-16-30,32-19-23-34(62-2)24-20-32)39(58)38-35(57)27-36(63-38)56-41-37(40(52-28-53-41)55-42(59)29-13-7-5-8-14-29)54-44(56)51-26-12-4-3-11-25-50-43(60)46(47,48)49/h5-10,13-24,28,35-36,38-39,57-58H,3-4,11-12,25-27H2,1-2H3,(H,50,60)(H,51,54)(H,52,53,55,59)/t35-,36+,38-,39?/m0/s1. The highest BCUT2D eigenvalue weighted by Gasteiger charge is 2.52. The van der Waals surface area contributed by atoms with Crippen molar-refractivity contribution in [1.82, 2.24) is 24.8 Å². The summed E-state index contributed by atoms with van der Waals surface area (Å²) >= 11 is 0. The number of methoxy groups -OCH3 is 2. The van der Waals surface area contributed by atoms with E-state index in [9.17, 15) is 33.0 Å². The lowest BCUT2D eigenvalue weighted by molar-refractivity contribution is -0.173. The number of aromatic nitrogens is 4. The fourth-order valence-electron chi connectivity index (χ4n) is 8.06. The minimum absolute atomic E-state index is 0.0112. The van der Waals surface area contributed by atoms with Crippen molar-refractivity contribution in [2.45, 2.75) is 68.2 Å². The Hall–Kier alpha value is -6.56. The molecule has 1 unspecified atom stereocenters. The molecule has 0 bridgehead atoms. The number of halogens is 3. The molecule has 4 aromatic carbocycles. The molecule has 330 valence electrons. The number of carbonyl (C=O) groups excluding carboxylic acids is 2. The van der Waals surface area contributed by atoms with Crippen LogP contribution in [-0.4, -0.2) is 93.3 Å². The smallest absolute Gasteiger partial charge is 0.471 e. The third kappa shape index (κ3) is 9.60. The maximum absolute atomic E-state index is 13.3. The molecule has 3 heterocycles. The summed E-state index contributed by atoms with van der Waals surface area (Å²) in [5.41, 5.74) is 1.76. The molecule has 5 N–H and O–H groups in total. The number of carbonyl (C=O) groups is 2. The monoisotopic (exact) mass is 867 g/mol. The average molecular weight is 868 g/mol. The van der Waals surface area contributed by atoms with Gasteiger partial charge < -0.3 is 40.4 Å². The van der Waals surface area contributed by atoms with Crippen molar-refractivity contribution < 1.29 is 47.2 Å². The van der Waals surface area contributed by atoms with Crippen molar-refractivity contribution in [3.8, 4) is 11.5 Å². The first-order valence-corrected chi connectivity index (χ1v) is 20.5. The van der Waals surface area contributed by atoms with Gasteiger partial charge in [-0.05, 0) is 65.9 Å². The molecule has 1 aliphatic heterocycles. The van der Waals surface area contributed by atoms with Crippen molar-refractivity contribution in [2.75, 3.05) is 37.9 Å². The number of imidazole rings is 1. The minimum Gasteiger partial charge on any atom is -0.497 e. The summed E-state index contributed by atoms with van der Waals surface area (Å²) in [4.78, 5) is 38.2. The number of benzene rings is 4. The van der Waals surface area contributed by atoms with Crippen molar-refractivity contribution in [3.63, 3.8) is 0 Å². The van der Waals surface area contributed by atoms with Crippen LogP contribution in [-0.2, 0) is 14.9 Å². The third-order valence-electron chi connectivity index (χ3n) is 11.2. The van der Waals surface area contributed by atoms with Crippen LogP contribution in [0.1, 0.15) is 65.4 Å². The van der Waals surface area contributed by atoms with Crippen LogP contribution in [0.5, 0.6) is 11.5 Å². The van der Waals surface area contributed by atoms with E-state index in [4.69, 9.17) is 19.2 Å². The second kappa shape index (κ2) is 19.7. The predicted molar refractivity (Wildman–Crippen MR) is 229 cm³/mol. The van der Waals surface area contributed by atoms with Gasteiger partial charge in [0.15, 0.2) is 17.0 Å². The topological polar surface area (TPSA) is 182 Å². The summed E-state index contributed by atoms with van der Waals surface area (Å²) in [5.74, 6) is -0.739. The van der Waals surface area contributed by atoms with E-state index in [2.05, 4.69) is 20.6 Å². The predicted octanol–water partition coefficient (Wildman–Crippen LogP) is 6.79. The van der Waals surface area contributed by atoms with Gasteiger partial charge in [0.25, 0.3) is 5.91 Å². The molecule has 1 saturated heterocycles. The molecular weight excluding hydrogens is 820 g/mol. The number of nitrogens with zero attached hydrogens (tertiary/aromatic N) is 4. The summed E-state index contributed by atoms with van der Waals surface area (Å²) < 4.78 is 57.1. The van der Waals surface area contributed by atoms with Crippen LogP contribution in [0.15, 0.2) is 116 Å². The number of unbranched alkanes of at least 4 members (excludes halogenated alkanes) is 3. The highest BCUT2D eigenvalue weighted by atomic mass is 19.4. The fraction of sp³-hybridized carbons (Fsp3) is 0.326. The van der Waals surface area contributed by atoms with Gasteiger partial charge in [0.05, 0.1) is 25.7 Å². The summed E-state index contributed by atoms with van der Waals surface area (Å²) in [6.45, 7) is 0.263. The van der Waals surface area contributed by atoms with Gasteiger partial charge in [0.2, 0.25) is 5.95 Å².